The van der Waals surface area contributed by atoms with Crippen LogP contribution in [-0.2, 0) is 0 Å². The van der Waals surface area contributed by atoms with Crippen LogP contribution in [-0.4, -0.2) is 42.8 Å². The Kier molecular flexibility index (Phi) is 5.49. The highest BCUT2D eigenvalue weighted by Gasteiger charge is 2.32. The predicted octanol–water partition coefficient (Wildman–Crippen LogP) is 3.17. The van der Waals surface area contributed by atoms with Crippen molar-refractivity contribution < 1.29 is 31.8 Å². The Balaban J connectivity index is 1.75. The Morgan fingerprint density at radius 2 is 1.86 bits per heavy atom. The monoisotopic (exact) mass is 401 g/mol. The average Bonchev–Trinajstić information content (AvgIpc) is 3.20. The molecule has 3 unspecified atom stereocenters. The van der Waals surface area contributed by atoms with Gasteiger partial charge in [-0.3, -0.25) is 4.98 Å². The number of rotatable bonds is 6. The van der Waals surface area contributed by atoms with Crippen LogP contribution in [0.2, 0.25) is 0 Å². The molecule has 1 N–H and O–H groups in total. The summed E-state index contributed by atoms with van der Waals surface area (Å²) in [7, 11) is 0. The number of aromatic nitrogens is 5. The highest BCUT2D eigenvalue weighted by atomic mass is 19.4. The van der Waals surface area contributed by atoms with Gasteiger partial charge in [-0.15, -0.1) is 18.3 Å². The van der Waals surface area contributed by atoms with E-state index in [9.17, 15) is 27.1 Å². The number of halogens is 5. The fourth-order valence-corrected chi connectivity index (χ4v) is 2.36. The molecule has 0 saturated carbocycles. The molecule has 0 saturated heterocycles. The third-order valence-corrected chi connectivity index (χ3v) is 3.67. The van der Waals surface area contributed by atoms with Crippen molar-refractivity contribution in [3.8, 4) is 16.9 Å². The Morgan fingerprint density at radius 1 is 1.07 bits per heavy atom. The van der Waals surface area contributed by atoms with Crippen molar-refractivity contribution in [1.82, 2.24) is 25.2 Å². The van der Waals surface area contributed by atoms with Gasteiger partial charge in [0.05, 0.1) is 5.69 Å². The first-order valence-electron chi connectivity index (χ1n) is 7.75. The molecule has 2 heterocycles. The molecule has 0 aliphatic carbocycles. The van der Waals surface area contributed by atoms with Crippen LogP contribution in [0.15, 0.2) is 48.9 Å². The number of benzene rings is 1. The topological polar surface area (TPSA) is 86.0 Å². The maximum absolute atomic E-state index is 14.4. The lowest BCUT2D eigenvalue weighted by molar-refractivity contribution is -0.274. The van der Waals surface area contributed by atoms with Gasteiger partial charge >= 0.3 is 6.36 Å². The Morgan fingerprint density at radius 3 is 2.46 bits per heavy atom. The quantitative estimate of drug-likeness (QED) is 0.639. The summed E-state index contributed by atoms with van der Waals surface area (Å²) in [5.74, 6) is -0.422. The SMILES string of the molecule is OC(C(F)c1ccc(-c2cccc(OC(F)(F)F)c2)cn1)C(F)n1cnnn1. The first-order chi connectivity index (χ1) is 13.2. The van der Waals surface area contributed by atoms with E-state index < -0.39 is 30.7 Å². The predicted molar refractivity (Wildman–Crippen MR) is 84.2 cm³/mol. The molecule has 7 nitrogen and oxygen atoms in total. The molecule has 3 rings (SSSR count). The number of ether oxygens (including phenoxy) is 1. The van der Waals surface area contributed by atoms with Gasteiger partial charge in [-0.25, -0.2) is 8.78 Å². The van der Waals surface area contributed by atoms with Gasteiger partial charge in [-0.2, -0.15) is 4.68 Å². The third kappa shape index (κ3) is 4.57. The second kappa shape index (κ2) is 7.84. The first kappa shape index (κ1) is 19.6. The maximum Gasteiger partial charge on any atom is 0.573 e. The maximum atomic E-state index is 14.4. The fourth-order valence-electron chi connectivity index (χ4n) is 2.36. The lowest BCUT2D eigenvalue weighted by Crippen LogP contribution is -2.26. The molecule has 0 aliphatic rings. The lowest BCUT2D eigenvalue weighted by Gasteiger charge is -2.18. The number of pyridine rings is 1. The molecule has 0 radical (unpaired) electrons. The molecule has 28 heavy (non-hydrogen) atoms. The standard InChI is InChI=1S/C16H12F5N5O2/c17-13(14(27)15(18)26-8-23-24-25-26)12-5-4-10(7-22-12)9-2-1-3-11(6-9)28-16(19,20)21/h1-8,13-15,27H. The third-order valence-electron chi connectivity index (χ3n) is 3.67. The molecule has 3 aromatic rings. The van der Waals surface area contributed by atoms with Gasteiger partial charge in [-0.05, 0) is 34.2 Å². The summed E-state index contributed by atoms with van der Waals surface area (Å²) in [6, 6.07) is 7.70. The largest absolute Gasteiger partial charge is 0.573 e. The minimum Gasteiger partial charge on any atom is -0.406 e. The zero-order valence-electron chi connectivity index (χ0n) is 13.8. The van der Waals surface area contributed by atoms with E-state index in [4.69, 9.17) is 0 Å². The summed E-state index contributed by atoms with van der Waals surface area (Å²) < 4.78 is 69.7. The highest BCUT2D eigenvalue weighted by Crippen LogP contribution is 2.30. The van der Waals surface area contributed by atoms with Gasteiger partial charge in [0.2, 0.25) is 6.30 Å². The number of aliphatic hydroxyl groups excluding tert-OH is 1. The number of nitrogens with zero attached hydrogens (tertiary/aromatic N) is 5. The second-order valence-electron chi connectivity index (χ2n) is 5.60. The smallest absolute Gasteiger partial charge is 0.406 e. The number of hydrogen-bond acceptors (Lipinski definition) is 6. The molecule has 2 aromatic heterocycles. The second-order valence-corrected chi connectivity index (χ2v) is 5.60. The molecule has 0 bridgehead atoms. The van der Waals surface area contributed by atoms with E-state index in [1.54, 1.807) is 0 Å². The summed E-state index contributed by atoms with van der Waals surface area (Å²) in [4.78, 5) is 3.82. The van der Waals surface area contributed by atoms with Crippen LogP contribution in [0.3, 0.4) is 0 Å². The summed E-state index contributed by atoms with van der Waals surface area (Å²) in [5.41, 5.74) is 0.443. The minimum absolute atomic E-state index is 0.269. The molecule has 148 valence electrons. The van der Waals surface area contributed by atoms with Crippen LogP contribution < -0.4 is 4.74 Å². The fraction of sp³-hybridized carbons (Fsp3) is 0.250. The molecule has 0 aliphatic heterocycles. The van der Waals surface area contributed by atoms with E-state index in [0.717, 1.165) is 18.5 Å². The number of aliphatic hydroxyl groups is 1. The van der Waals surface area contributed by atoms with Gasteiger partial charge in [0, 0.05) is 11.8 Å². The highest BCUT2D eigenvalue weighted by molar-refractivity contribution is 5.64. The van der Waals surface area contributed by atoms with Crippen LogP contribution in [0.4, 0.5) is 22.0 Å². The van der Waals surface area contributed by atoms with E-state index in [-0.39, 0.29) is 5.69 Å². The zero-order chi connectivity index (χ0) is 20.3. The molecule has 1 aromatic carbocycles. The van der Waals surface area contributed by atoms with Gasteiger partial charge in [0.25, 0.3) is 0 Å². The van der Waals surface area contributed by atoms with Crippen LogP contribution >= 0.6 is 0 Å². The molecule has 3 atom stereocenters. The van der Waals surface area contributed by atoms with Crippen LogP contribution in [0.1, 0.15) is 18.2 Å². The van der Waals surface area contributed by atoms with Crippen LogP contribution in [0.5, 0.6) is 5.75 Å². The average molecular weight is 401 g/mol. The van der Waals surface area contributed by atoms with Crippen LogP contribution in [0, 0.1) is 0 Å². The first-order valence-corrected chi connectivity index (χ1v) is 7.75. The Bertz CT molecular complexity index is 905. The summed E-state index contributed by atoms with van der Waals surface area (Å²) in [6.07, 6.45) is -9.30. The van der Waals surface area contributed by atoms with E-state index in [1.165, 1.54) is 30.5 Å². The number of hydrogen-bond donors (Lipinski definition) is 1. The minimum atomic E-state index is -4.83. The van der Waals surface area contributed by atoms with E-state index in [0.29, 0.717) is 15.8 Å². The molecule has 0 spiro atoms. The van der Waals surface area contributed by atoms with Gasteiger partial charge in [-0.1, -0.05) is 18.2 Å². The summed E-state index contributed by atoms with van der Waals surface area (Å²) >= 11 is 0. The van der Waals surface area contributed by atoms with Crippen molar-refractivity contribution in [2.45, 2.75) is 24.9 Å². The summed E-state index contributed by atoms with van der Waals surface area (Å²) in [5, 5.41) is 19.4. The van der Waals surface area contributed by atoms with Gasteiger partial charge in [0.1, 0.15) is 18.2 Å². The van der Waals surface area contributed by atoms with Gasteiger partial charge < -0.3 is 9.84 Å². The van der Waals surface area contributed by atoms with Crippen molar-refractivity contribution in [1.29, 1.82) is 0 Å². The summed E-state index contributed by atoms with van der Waals surface area (Å²) in [6.45, 7) is 0. The molecule has 12 heteroatoms. The normalized spacial score (nSPS) is 15.1. The Hall–Kier alpha value is -3.15. The lowest BCUT2D eigenvalue weighted by atomic mass is 10.1. The Labute approximate surface area is 154 Å². The molecule has 0 amide bonds. The van der Waals surface area contributed by atoms with Crippen molar-refractivity contribution in [3.05, 3.63) is 54.6 Å². The molecule has 0 fully saturated rings. The van der Waals surface area contributed by atoms with Crippen molar-refractivity contribution in [2.75, 3.05) is 0 Å². The molecular formula is C16H12F5N5O2. The zero-order valence-corrected chi connectivity index (χ0v) is 13.8. The number of alkyl halides is 5. The van der Waals surface area contributed by atoms with Crippen molar-refractivity contribution in [2.24, 2.45) is 0 Å². The van der Waals surface area contributed by atoms with Gasteiger partial charge in [0.15, 0.2) is 6.17 Å². The van der Waals surface area contributed by atoms with Crippen molar-refractivity contribution in [3.63, 3.8) is 0 Å². The van der Waals surface area contributed by atoms with Crippen molar-refractivity contribution >= 4 is 0 Å². The van der Waals surface area contributed by atoms with E-state index in [2.05, 4.69) is 25.2 Å². The van der Waals surface area contributed by atoms with E-state index >= 15 is 0 Å². The van der Waals surface area contributed by atoms with E-state index in [1.807, 2.05) is 0 Å². The number of tetrazole rings is 1. The molecular weight excluding hydrogens is 389 g/mol. The van der Waals surface area contributed by atoms with Crippen LogP contribution in [0.25, 0.3) is 11.1 Å².